The van der Waals surface area contributed by atoms with Crippen molar-refractivity contribution in [2.75, 3.05) is 13.1 Å². The Bertz CT molecular complexity index is 465. The number of halogens is 1. The quantitative estimate of drug-likeness (QED) is 0.909. The van der Waals surface area contributed by atoms with Crippen LogP contribution in [0.4, 0.5) is 0 Å². The van der Waals surface area contributed by atoms with E-state index in [1.807, 2.05) is 4.90 Å². The molecule has 1 aliphatic heterocycles. The fourth-order valence-corrected chi connectivity index (χ4v) is 2.95. The summed E-state index contributed by atoms with van der Waals surface area (Å²) < 4.78 is 5.26. The van der Waals surface area contributed by atoms with E-state index in [2.05, 4.69) is 20.8 Å². The highest BCUT2D eigenvalue weighted by Gasteiger charge is 2.29. The average molecular weight is 315 g/mol. The van der Waals surface area contributed by atoms with Crippen LogP contribution in [0.1, 0.15) is 56.2 Å². The van der Waals surface area contributed by atoms with Crippen LogP contribution in [0.2, 0.25) is 0 Å². The molecule has 2 N–H and O–H groups in total. The SMILES string of the molecule is CC(C)(C)C1CCCN(C(=O)c2coc(CN)c2)CC1.Cl. The van der Waals surface area contributed by atoms with Gasteiger partial charge in [0.25, 0.3) is 5.91 Å². The predicted octanol–water partition coefficient (Wildman–Crippen LogP) is 3.45. The molecule has 0 radical (unpaired) electrons. The van der Waals surface area contributed by atoms with E-state index in [1.165, 1.54) is 12.7 Å². The number of amides is 1. The minimum absolute atomic E-state index is 0. The molecule has 1 aliphatic rings. The zero-order chi connectivity index (χ0) is 14.8. The molecule has 0 spiro atoms. The van der Waals surface area contributed by atoms with Gasteiger partial charge in [0.15, 0.2) is 0 Å². The van der Waals surface area contributed by atoms with Crippen molar-refractivity contribution in [3.8, 4) is 0 Å². The van der Waals surface area contributed by atoms with Gasteiger partial charge in [-0.3, -0.25) is 4.79 Å². The van der Waals surface area contributed by atoms with E-state index in [0.29, 0.717) is 29.2 Å². The fourth-order valence-electron chi connectivity index (χ4n) is 2.95. The molecule has 0 saturated carbocycles. The summed E-state index contributed by atoms with van der Waals surface area (Å²) in [5.41, 5.74) is 6.46. The number of hydrogen-bond acceptors (Lipinski definition) is 3. The molecule has 120 valence electrons. The van der Waals surface area contributed by atoms with E-state index >= 15 is 0 Å². The summed E-state index contributed by atoms with van der Waals surface area (Å²) in [4.78, 5) is 14.4. The molecule has 1 aromatic rings. The van der Waals surface area contributed by atoms with E-state index in [1.54, 1.807) is 6.07 Å². The third kappa shape index (κ3) is 4.48. The Morgan fingerprint density at radius 3 is 2.67 bits per heavy atom. The van der Waals surface area contributed by atoms with Crippen molar-refractivity contribution in [3.63, 3.8) is 0 Å². The molecule has 1 amide bonds. The number of hydrogen-bond donors (Lipinski definition) is 1. The lowest BCUT2D eigenvalue weighted by molar-refractivity contribution is 0.0755. The second kappa shape index (κ2) is 7.32. The van der Waals surface area contributed by atoms with Gasteiger partial charge in [-0.25, -0.2) is 0 Å². The van der Waals surface area contributed by atoms with Crippen LogP contribution >= 0.6 is 12.4 Å². The summed E-state index contributed by atoms with van der Waals surface area (Å²) in [7, 11) is 0. The van der Waals surface area contributed by atoms with E-state index in [4.69, 9.17) is 10.2 Å². The van der Waals surface area contributed by atoms with E-state index in [-0.39, 0.29) is 18.3 Å². The summed E-state index contributed by atoms with van der Waals surface area (Å²) in [6, 6.07) is 1.76. The van der Waals surface area contributed by atoms with Crippen LogP contribution in [0.5, 0.6) is 0 Å². The van der Waals surface area contributed by atoms with Crippen molar-refractivity contribution < 1.29 is 9.21 Å². The summed E-state index contributed by atoms with van der Waals surface area (Å²) in [5, 5.41) is 0. The lowest BCUT2D eigenvalue weighted by Crippen LogP contribution is -2.32. The first-order chi connectivity index (χ1) is 9.41. The topological polar surface area (TPSA) is 59.5 Å². The molecular weight excluding hydrogens is 288 g/mol. The highest BCUT2D eigenvalue weighted by atomic mass is 35.5. The van der Waals surface area contributed by atoms with Crippen LogP contribution in [0, 0.1) is 11.3 Å². The highest BCUT2D eigenvalue weighted by molar-refractivity contribution is 5.94. The van der Waals surface area contributed by atoms with Crippen molar-refractivity contribution >= 4 is 18.3 Å². The minimum Gasteiger partial charge on any atom is -0.467 e. The first-order valence-electron chi connectivity index (χ1n) is 7.48. The maximum atomic E-state index is 12.5. The summed E-state index contributed by atoms with van der Waals surface area (Å²) in [5.74, 6) is 1.42. The van der Waals surface area contributed by atoms with Crippen LogP contribution in [0.15, 0.2) is 16.7 Å². The third-order valence-electron chi connectivity index (χ3n) is 4.34. The van der Waals surface area contributed by atoms with Crippen molar-refractivity contribution in [3.05, 3.63) is 23.7 Å². The van der Waals surface area contributed by atoms with Gasteiger partial charge >= 0.3 is 0 Å². The number of nitrogens with zero attached hydrogens (tertiary/aromatic N) is 1. The molecule has 2 rings (SSSR count). The monoisotopic (exact) mass is 314 g/mol. The Morgan fingerprint density at radius 2 is 2.10 bits per heavy atom. The first kappa shape index (κ1) is 18.1. The molecule has 1 unspecified atom stereocenters. The summed E-state index contributed by atoms with van der Waals surface area (Å²) >= 11 is 0. The zero-order valence-electron chi connectivity index (χ0n) is 13.2. The highest BCUT2D eigenvalue weighted by Crippen LogP contribution is 2.34. The number of likely N-dealkylation sites (tertiary alicyclic amines) is 1. The lowest BCUT2D eigenvalue weighted by Gasteiger charge is -2.29. The molecule has 1 aromatic heterocycles. The molecule has 0 bridgehead atoms. The Balaban J connectivity index is 0.00000220. The van der Waals surface area contributed by atoms with Crippen LogP contribution in [-0.4, -0.2) is 23.9 Å². The standard InChI is InChI=1S/C16H26N2O2.ClH/c1-16(2,3)13-5-4-7-18(8-6-13)15(19)12-9-14(10-17)20-11-12;/h9,11,13H,4-8,10,17H2,1-3H3;1H. The fraction of sp³-hybridized carbons (Fsp3) is 0.688. The van der Waals surface area contributed by atoms with Crippen molar-refractivity contribution in [2.45, 2.75) is 46.6 Å². The van der Waals surface area contributed by atoms with Crippen LogP contribution < -0.4 is 5.73 Å². The Labute approximate surface area is 133 Å². The Kier molecular flexibility index (Phi) is 6.29. The van der Waals surface area contributed by atoms with Crippen LogP contribution in [0.3, 0.4) is 0 Å². The van der Waals surface area contributed by atoms with E-state index in [0.717, 1.165) is 25.9 Å². The lowest BCUT2D eigenvalue weighted by atomic mass is 9.77. The van der Waals surface area contributed by atoms with Crippen molar-refractivity contribution in [1.29, 1.82) is 0 Å². The molecular formula is C16H27ClN2O2. The van der Waals surface area contributed by atoms with Gasteiger partial charge in [0.2, 0.25) is 0 Å². The average Bonchev–Trinajstić information content (AvgIpc) is 2.72. The van der Waals surface area contributed by atoms with Gasteiger partial charge in [-0.15, -0.1) is 12.4 Å². The molecule has 5 heteroatoms. The third-order valence-corrected chi connectivity index (χ3v) is 4.34. The Hall–Kier alpha value is -1.00. The normalized spacial score (nSPS) is 19.8. The maximum absolute atomic E-state index is 12.5. The predicted molar refractivity (Wildman–Crippen MR) is 86.5 cm³/mol. The first-order valence-corrected chi connectivity index (χ1v) is 7.48. The zero-order valence-corrected chi connectivity index (χ0v) is 14.0. The maximum Gasteiger partial charge on any atom is 0.257 e. The van der Waals surface area contributed by atoms with E-state index in [9.17, 15) is 4.79 Å². The second-order valence-electron chi connectivity index (χ2n) is 6.79. The second-order valence-corrected chi connectivity index (χ2v) is 6.79. The van der Waals surface area contributed by atoms with Gasteiger partial charge in [-0.05, 0) is 36.7 Å². The minimum atomic E-state index is 0. The molecule has 21 heavy (non-hydrogen) atoms. The summed E-state index contributed by atoms with van der Waals surface area (Å²) in [6.07, 6.45) is 4.88. The number of nitrogens with two attached hydrogens (primary N) is 1. The smallest absolute Gasteiger partial charge is 0.257 e. The van der Waals surface area contributed by atoms with Crippen LogP contribution in [-0.2, 0) is 6.54 Å². The number of carbonyl (C=O) groups is 1. The van der Waals surface area contributed by atoms with E-state index < -0.39 is 0 Å². The molecule has 0 aromatic carbocycles. The number of carbonyl (C=O) groups excluding carboxylic acids is 1. The van der Waals surface area contributed by atoms with Gasteiger partial charge in [-0.2, -0.15) is 0 Å². The number of furan rings is 1. The van der Waals surface area contributed by atoms with Gasteiger partial charge in [0.1, 0.15) is 12.0 Å². The Morgan fingerprint density at radius 1 is 1.38 bits per heavy atom. The van der Waals surface area contributed by atoms with Gasteiger partial charge < -0.3 is 15.1 Å². The van der Waals surface area contributed by atoms with Crippen molar-refractivity contribution in [1.82, 2.24) is 4.90 Å². The summed E-state index contributed by atoms with van der Waals surface area (Å²) in [6.45, 7) is 8.88. The molecule has 1 atom stereocenters. The molecule has 1 saturated heterocycles. The molecule has 2 heterocycles. The largest absolute Gasteiger partial charge is 0.467 e. The van der Waals surface area contributed by atoms with Gasteiger partial charge in [0.05, 0.1) is 12.1 Å². The molecule has 0 aliphatic carbocycles. The number of rotatable bonds is 2. The molecule has 1 fully saturated rings. The van der Waals surface area contributed by atoms with Crippen LogP contribution in [0.25, 0.3) is 0 Å². The van der Waals surface area contributed by atoms with Gasteiger partial charge in [0, 0.05) is 13.1 Å². The molecule has 4 nitrogen and oxygen atoms in total. The van der Waals surface area contributed by atoms with Gasteiger partial charge in [-0.1, -0.05) is 20.8 Å². The van der Waals surface area contributed by atoms with Crippen molar-refractivity contribution in [2.24, 2.45) is 17.1 Å².